The molecule has 0 radical (unpaired) electrons. The first-order valence-electron chi connectivity index (χ1n) is 10.3. The second kappa shape index (κ2) is 9.59. The minimum Gasteiger partial charge on any atom is -0.466 e. The summed E-state index contributed by atoms with van der Waals surface area (Å²) in [5, 5.41) is 0. The fourth-order valence-corrected chi connectivity index (χ4v) is 5.40. The quantitative estimate of drug-likeness (QED) is 0.199. The minimum absolute atomic E-state index is 0.0119. The summed E-state index contributed by atoms with van der Waals surface area (Å²) in [7, 11) is 1.32. The van der Waals surface area contributed by atoms with Crippen LogP contribution in [0.2, 0.25) is 0 Å². The number of hydrogen-bond donors (Lipinski definition) is 0. The molecule has 0 aromatic rings. The lowest BCUT2D eigenvalue weighted by Gasteiger charge is -2.56. The zero-order valence-electron chi connectivity index (χ0n) is 18.2. The van der Waals surface area contributed by atoms with Crippen LogP contribution in [0.4, 0.5) is 0 Å². The summed E-state index contributed by atoms with van der Waals surface area (Å²) in [6.07, 6.45) is 9.99. The molecule has 6 heteroatoms. The minimum atomic E-state index is -0.473. The van der Waals surface area contributed by atoms with Crippen LogP contribution >= 0.6 is 0 Å². The number of ether oxygens (including phenoxy) is 3. The van der Waals surface area contributed by atoms with Crippen molar-refractivity contribution >= 4 is 18.4 Å². The van der Waals surface area contributed by atoms with Gasteiger partial charge in [0.25, 0.3) is 6.47 Å². The van der Waals surface area contributed by atoms with Crippen LogP contribution in [0.15, 0.2) is 23.8 Å². The zero-order chi connectivity index (χ0) is 21.7. The van der Waals surface area contributed by atoms with Gasteiger partial charge < -0.3 is 14.2 Å². The maximum Gasteiger partial charge on any atom is 0.330 e. The summed E-state index contributed by atoms with van der Waals surface area (Å²) in [4.78, 5) is 34.1. The first-order valence-corrected chi connectivity index (χ1v) is 10.3. The molecular formula is C23H34O6. The normalized spacial score (nSPS) is 30.8. The highest BCUT2D eigenvalue weighted by Gasteiger charge is 2.53. The molecule has 162 valence electrons. The van der Waals surface area contributed by atoms with Gasteiger partial charge in [0.2, 0.25) is 0 Å². The molecule has 0 heterocycles. The van der Waals surface area contributed by atoms with E-state index in [-0.39, 0.29) is 29.5 Å². The third-order valence-electron chi connectivity index (χ3n) is 6.80. The Morgan fingerprint density at radius 3 is 2.52 bits per heavy atom. The maximum absolute atomic E-state index is 11.7. The Kier molecular flexibility index (Phi) is 7.66. The molecule has 0 aromatic heterocycles. The molecule has 4 atom stereocenters. The Morgan fingerprint density at radius 1 is 1.17 bits per heavy atom. The fourth-order valence-electron chi connectivity index (χ4n) is 5.40. The lowest BCUT2D eigenvalue weighted by molar-refractivity contribution is -0.142. The third-order valence-corrected chi connectivity index (χ3v) is 6.80. The Bertz CT molecular complexity index is 677. The van der Waals surface area contributed by atoms with Crippen molar-refractivity contribution in [3.63, 3.8) is 0 Å². The van der Waals surface area contributed by atoms with Crippen LogP contribution in [0, 0.1) is 22.7 Å². The van der Waals surface area contributed by atoms with Crippen molar-refractivity contribution < 1.29 is 28.6 Å². The van der Waals surface area contributed by atoms with Gasteiger partial charge >= 0.3 is 11.9 Å². The molecule has 29 heavy (non-hydrogen) atoms. The fraction of sp³-hybridized carbons (Fsp3) is 0.696. The standard InChI is InChI=1S/C23H34O6/c1-16(25)28-14-17(13-21(26)27-5)7-8-18-19(29-15-24)9-10-20-22(2,3)11-6-12-23(18,20)4/h9-10,13,15,18-20H,6-8,11-12,14H2,1-5H3/b17-13+/t18-,19+,20-,23-/m1/s1. The van der Waals surface area contributed by atoms with Gasteiger partial charge in [-0.05, 0) is 54.1 Å². The molecule has 2 rings (SSSR count). The molecule has 0 unspecified atom stereocenters. The molecule has 1 fully saturated rings. The average molecular weight is 407 g/mol. The number of hydrogen-bond acceptors (Lipinski definition) is 6. The molecule has 0 aromatic carbocycles. The van der Waals surface area contributed by atoms with E-state index >= 15 is 0 Å². The largest absolute Gasteiger partial charge is 0.466 e. The van der Waals surface area contributed by atoms with Crippen molar-refractivity contribution in [2.75, 3.05) is 13.7 Å². The Hall–Kier alpha value is -2.11. The van der Waals surface area contributed by atoms with Crippen molar-refractivity contribution in [1.82, 2.24) is 0 Å². The van der Waals surface area contributed by atoms with Crippen LogP contribution in [0.25, 0.3) is 0 Å². The maximum atomic E-state index is 11.7. The van der Waals surface area contributed by atoms with Crippen LogP contribution in [0.1, 0.15) is 59.8 Å². The number of fused-ring (bicyclic) bond motifs is 1. The summed E-state index contributed by atoms with van der Waals surface area (Å²) >= 11 is 0. The van der Waals surface area contributed by atoms with Gasteiger partial charge in [0.1, 0.15) is 12.7 Å². The van der Waals surface area contributed by atoms with E-state index in [1.165, 1.54) is 26.5 Å². The molecule has 0 N–H and O–H groups in total. The van der Waals surface area contributed by atoms with E-state index in [0.717, 1.165) is 19.3 Å². The second-order valence-corrected chi connectivity index (χ2v) is 9.16. The van der Waals surface area contributed by atoms with Gasteiger partial charge in [-0.15, -0.1) is 0 Å². The van der Waals surface area contributed by atoms with Gasteiger partial charge in [-0.1, -0.05) is 33.3 Å². The highest BCUT2D eigenvalue weighted by Crippen LogP contribution is 2.59. The van der Waals surface area contributed by atoms with Gasteiger partial charge in [-0.3, -0.25) is 9.59 Å². The van der Waals surface area contributed by atoms with E-state index in [2.05, 4.69) is 26.8 Å². The molecule has 0 spiro atoms. The van der Waals surface area contributed by atoms with Crippen molar-refractivity contribution in [1.29, 1.82) is 0 Å². The first-order chi connectivity index (χ1) is 13.6. The van der Waals surface area contributed by atoms with Crippen LogP contribution in [0.3, 0.4) is 0 Å². The third kappa shape index (κ3) is 5.49. The molecule has 6 nitrogen and oxygen atoms in total. The van der Waals surface area contributed by atoms with Crippen LogP contribution in [-0.4, -0.2) is 38.2 Å². The van der Waals surface area contributed by atoms with Gasteiger partial charge in [-0.25, -0.2) is 4.79 Å². The molecular weight excluding hydrogens is 372 g/mol. The average Bonchev–Trinajstić information content (AvgIpc) is 2.64. The van der Waals surface area contributed by atoms with E-state index in [9.17, 15) is 14.4 Å². The zero-order valence-corrected chi connectivity index (χ0v) is 18.2. The predicted molar refractivity (Wildman–Crippen MR) is 109 cm³/mol. The highest BCUT2D eigenvalue weighted by atomic mass is 16.5. The topological polar surface area (TPSA) is 78.9 Å². The van der Waals surface area contributed by atoms with E-state index in [1.807, 2.05) is 6.08 Å². The summed E-state index contributed by atoms with van der Waals surface area (Å²) in [6, 6.07) is 0. The Morgan fingerprint density at radius 2 is 1.90 bits per heavy atom. The summed E-state index contributed by atoms with van der Waals surface area (Å²) in [5.41, 5.74) is 0.861. The molecule has 0 bridgehead atoms. The number of carbonyl (C=O) groups is 3. The lowest BCUT2D eigenvalue weighted by atomic mass is 9.49. The van der Waals surface area contributed by atoms with Gasteiger partial charge in [0.05, 0.1) is 7.11 Å². The Balaban J connectivity index is 2.26. The summed E-state index contributed by atoms with van der Waals surface area (Å²) in [5.74, 6) is -0.369. The second-order valence-electron chi connectivity index (χ2n) is 9.16. The smallest absolute Gasteiger partial charge is 0.330 e. The van der Waals surface area contributed by atoms with Crippen LogP contribution in [-0.2, 0) is 28.6 Å². The molecule has 0 amide bonds. The number of esters is 2. The van der Waals surface area contributed by atoms with E-state index in [1.54, 1.807) is 0 Å². The van der Waals surface area contributed by atoms with Crippen molar-refractivity contribution in [3.05, 3.63) is 23.8 Å². The van der Waals surface area contributed by atoms with Crippen molar-refractivity contribution in [2.24, 2.45) is 22.7 Å². The molecule has 0 aliphatic heterocycles. The van der Waals surface area contributed by atoms with Gasteiger partial charge in [0.15, 0.2) is 0 Å². The van der Waals surface area contributed by atoms with Gasteiger partial charge in [0, 0.05) is 18.9 Å². The van der Waals surface area contributed by atoms with Gasteiger partial charge in [-0.2, -0.15) is 0 Å². The van der Waals surface area contributed by atoms with E-state index in [4.69, 9.17) is 14.2 Å². The molecule has 2 aliphatic carbocycles. The number of rotatable bonds is 8. The lowest BCUT2D eigenvalue weighted by Crippen LogP contribution is -2.51. The number of allylic oxidation sites excluding steroid dienone is 1. The van der Waals surface area contributed by atoms with Crippen molar-refractivity contribution in [2.45, 2.75) is 65.9 Å². The molecule has 1 saturated carbocycles. The SMILES string of the molecule is COC(=O)/C=C(\CC[C@@H]1[C@@H](OC=O)C=C[C@@H]2C(C)(C)CCC[C@]12C)COC(C)=O. The Labute approximate surface area is 173 Å². The summed E-state index contributed by atoms with van der Waals surface area (Å²) < 4.78 is 15.3. The van der Waals surface area contributed by atoms with E-state index in [0.29, 0.717) is 24.4 Å². The van der Waals surface area contributed by atoms with Crippen LogP contribution < -0.4 is 0 Å². The number of carbonyl (C=O) groups excluding carboxylic acids is 3. The van der Waals surface area contributed by atoms with E-state index < -0.39 is 11.9 Å². The van der Waals surface area contributed by atoms with Crippen molar-refractivity contribution in [3.8, 4) is 0 Å². The predicted octanol–water partition coefficient (Wildman–Crippen LogP) is 3.99. The number of methoxy groups -OCH3 is 1. The van der Waals surface area contributed by atoms with Crippen LogP contribution in [0.5, 0.6) is 0 Å². The monoisotopic (exact) mass is 406 g/mol. The highest BCUT2D eigenvalue weighted by molar-refractivity contribution is 5.82. The molecule has 0 saturated heterocycles. The first kappa shape index (κ1) is 23.2. The summed E-state index contributed by atoms with van der Waals surface area (Å²) in [6.45, 7) is 8.82. The molecule has 2 aliphatic rings.